The van der Waals surface area contributed by atoms with Crippen LogP contribution >= 0.6 is 11.6 Å². The van der Waals surface area contributed by atoms with Crippen LogP contribution in [0.4, 0.5) is 10.1 Å². The fourth-order valence-electron chi connectivity index (χ4n) is 1.52. The molecule has 1 amide bonds. The molecule has 0 bridgehead atoms. The Balaban J connectivity index is 2.19. The van der Waals surface area contributed by atoms with E-state index in [1.54, 1.807) is 0 Å². The summed E-state index contributed by atoms with van der Waals surface area (Å²) in [5.74, 6) is -1.35. The molecular weight excluding hydrogens is 299 g/mol. The standard InChI is InChI=1S/C13H10ClFN4O2/c14-8-2-3-9(15)11(5-8)18-13(20)10-4-1-7(6-17-10)12(16)19-21/h1-6,21H,(H2,16,19)(H,18,20). The van der Waals surface area contributed by atoms with Gasteiger partial charge in [0.15, 0.2) is 5.84 Å². The summed E-state index contributed by atoms with van der Waals surface area (Å²) in [4.78, 5) is 15.8. The van der Waals surface area contributed by atoms with E-state index in [1.807, 2.05) is 0 Å². The summed E-state index contributed by atoms with van der Waals surface area (Å²) in [6.07, 6.45) is 1.26. The Morgan fingerprint density at radius 3 is 2.76 bits per heavy atom. The molecule has 0 aliphatic rings. The first-order valence-corrected chi connectivity index (χ1v) is 6.09. The molecule has 0 radical (unpaired) electrons. The van der Waals surface area contributed by atoms with Gasteiger partial charge in [0.05, 0.1) is 5.69 Å². The van der Waals surface area contributed by atoms with Crippen molar-refractivity contribution in [1.29, 1.82) is 0 Å². The fourth-order valence-corrected chi connectivity index (χ4v) is 1.69. The molecule has 2 rings (SSSR count). The number of carbonyl (C=O) groups excluding carboxylic acids is 1. The lowest BCUT2D eigenvalue weighted by molar-refractivity contribution is 0.102. The van der Waals surface area contributed by atoms with Crippen molar-refractivity contribution in [2.24, 2.45) is 10.9 Å². The number of aromatic nitrogens is 1. The maximum atomic E-state index is 13.5. The molecule has 0 unspecified atom stereocenters. The Labute approximate surface area is 124 Å². The van der Waals surface area contributed by atoms with Crippen LogP contribution in [0, 0.1) is 5.82 Å². The molecule has 0 aliphatic carbocycles. The smallest absolute Gasteiger partial charge is 0.274 e. The largest absolute Gasteiger partial charge is 0.409 e. The Morgan fingerprint density at radius 1 is 1.38 bits per heavy atom. The zero-order valence-electron chi connectivity index (χ0n) is 10.5. The van der Waals surface area contributed by atoms with E-state index in [9.17, 15) is 9.18 Å². The third kappa shape index (κ3) is 3.46. The van der Waals surface area contributed by atoms with Crippen molar-refractivity contribution in [3.05, 3.63) is 58.6 Å². The van der Waals surface area contributed by atoms with Gasteiger partial charge in [0.2, 0.25) is 0 Å². The number of nitrogens with one attached hydrogen (secondary N) is 1. The first-order chi connectivity index (χ1) is 10.0. The molecule has 1 aromatic carbocycles. The van der Waals surface area contributed by atoms with Crippen molar-refractivity contribution in [2.45, 2.75) is 0 Å². The van der Waals surface area contributed by atoms with Gasteiger partial charge >= 0.3 is 0 Å². The molecule has 2 aromatic rings. The molecule has 0 aliphatic heterocycles. The van der Waals surface area contributed by atoms with E-state index < -0.39 is 11.7 Å². The van der Waals surface area contributed by atoms with E-state index in [0.717, 1.165) is 6.07 Å². The predicted octanol–water partition coefficient (Wildman–Crippen LogP) is 2.22. The summed E-state index contributed by atoms with van der Waals surface area (Å²) >= 11 is 5.73. The van der Waals surface area contributed by atoms with Gasteiger partial charge in [-0.2, -0.15) is 0 Å². The maximum Gasteiger partial charge on any atom is 0.274 e. The molecule has 0 fully saturated rings. The van der Waals surface area contributed by atoms with E-state index in [0.29, 0.717) is 10.6 Å². The van der Waals surface area contributed by atoms with Crippen molar-refractivity contribution in [1.82, 2.24) is 4.98 Å². The number of amides is 1. The van der Waals surface area contributed by atoms with Gasteiger partial charge in [-0.05, 0) is 30.3 Å². The van der Waals surface area contributed by atoms with Crippen molar-refractivity contribution >= 4 is 29.0 Å². The minimum atomic E-state index is -0.610. The summed E-state index contributed by atoms with van der Waals surface area (Å²) in [5.41, 5.74) is 5.72. The number of anilines is 1. The molecule has 6 nitrogen and oxygen atoms in total. The van der Waals surface area contributed by atoms with Crippen molar-refractivity contribution in [3.63, 3.8) is 0 Å². The van der Waals surface area contributed by atoms with Crippen molar-refractivity contribution < 1.29 is 14.4 Å². The predicted molar refractivity (Wildman–Crippen MR) is 76.1 cm³/mol. The third-order valence-corrected chi connectivity index (χ3v) is 2.81. The second kappa shape index (κ2) is 6.19. The van der Waals surface area contributed by atoms with Gasteiger partial charge in [0.25, 0.3) is 5.91 Å². The number of hydrogen-bond acceptors (Lipinski definition) is 4. The monoisotopic (exact) mass is 308 g/mol. The molecule has 0 spiro atoms. The Morgan fingerprint density at radius 2 is 2.14 bits per heavy atom. The van der Waals surface area contributed by atoms with Gasteiger partial charge in [0, 0.05) is 16.8 Å². The Kier molecular flexibility index (Phi) is 4.34. The van der Waals surface area contributed by atoms with Gasteiger partial charge in [-0.3, -0.25) is 9.78 Å². The van der Waals surface area contributed by atoms with Crippen LogP contribution in [0.25, 0.3) is 0 Å². The second-order valence-corrected chi connectivity index (χ2v) is 4.43. The normalized spacial score (nSPS) is 11.2. The van der Waals surface area contributed by atoms with E-state index in [2.05, 4.69) is 15.5 Å². The van der Waals surface area contributed by atoms with Crippen LogP contribution < -0.4 is 11.1 Å². The molecule has 0 saturated heterocycles. The van der Waals surface area contributed by atoms with Crippen LogP contribution in [0.2, 0.25) is 5.02 Å². The minimum Gasteiger partial charge on any atom is -0.409 e. The molecule has 21 heavy (non-hydrogen) atoms. The molecule has 8 heteroatoms. The van der Waals surface area contributed by atoms with Crippen molar-refractivity contribution in [3.8, 4) is 0 Å². The topological polar surface area (TPSA) is 101 Å². The van der Waals surface area contributed by atoms with Gasteiger partial charge in [-0.15, -0.1) is 0 Å². The SMILES string of the molecule is NC(=NO)c1ccc(C(=O)Nc2cc(Cl)ccc2F)nc1. The first-order valence-electron chi connectivity index (χ1n) is 5.71. The number of hydrogen-bond donors (Lipinski definition) is 3. The zero-order valence-corrected chi connectivity index (χ0v) is 11.3. The summed E-state index contributed by atoms with van der Waals surface area (Å²) in [5, 5.41) is 14.0. The van der Waals surface area contributed by atoms with E-state index in [1.165, 1.54) is 30.5 Å². The average Bonchev–Trinajstić information content (AvgIpc) is 2.50. The van der Waals surface area contributed by atoms with Crippen LogP contribution in [0.3, 0.4) is 0 Å². The Bertz CT molecular complexity index is 704. The third-order valence-electron chi connectivity index (χ3n) is 2.58. The quantitative estimate of drug-likeness (QED) is 0.350. The molecule has 0 atom stereocenters. The number of halogens is 2. The van der Waals surface area contributed by atoms with E-state index >= 15 is 0 Å². The summed E-state index contributed by atoms with van der Waals surface area (Å²) in [7, 11) is 0. The molecule has 4 N–H and O–H groups in total. The second-order valence-electron chi connectivity index (χ2n) is 4.00. The van der Waals surface area contributed by atoms with Crippen molar-refractivity contribution in [2.75, 3.05) is 5.32 Å². The molecule has 108 valence electrons. The fraction of sp³-hybridized carbons (Fsp3) is 0. The van der Waals surface area contributed by atoms with Gasteiger partial charge in [0.1, 0.15) is 11.5 Å². The highest BCUT2D eigenvalue weighted by atomic mass is 35.5. The summed E-state index contributed by atoms with van der Waals surface area (Å²) < 4.78 is 13.5. The lowest BCUT2D eigenvalue weighted by Crippen LogP contribution is -2.17. The molecule has 0 saturated carbocycles. The van der Waals surface area contributed by atoms with E-state index in [-0.39, 0.29) is 17.2 Å². The lowest BCUT2D eigenvalue weighted by atomic mass is 10.2. The highest BCUT2D eigenvalue weighted by molar-refractivity contribution is 6.31. The van der Waals surface area contributed by atoms with Crippen LogP contribution in [-0.4, -0.2) is 21.9 Å². The zero-order chi connectivity index (χ0) is 15.4. The maximum absolute atomic E-state index is 13.5. The van der Waals surface area contributed by atoms with Crippen LogP contribution in [0.5, 0.6) is 0 Å². The van der Waals surface area contributed by atoms with Crippen LogP contribution in [0.1, 0.15) is 16.1 Å². The van der Waals surface area contributed by atoms with Gasteiger partial charge in [-0.1, -0.05) is 16.8 Å². The number of rotatable bonds is 3. The number of carbonyl (C=O) groups is 1. The number of oxime groups is 1. The van der Waals surface area contributed by atoms with Crippen LogP contribution in [-0.2, 0) is 0 Å². The van der Waals surface area contributed by atoms with Crippen LogP contribution in [0.15, 0.2) is 41.7 Å². The minimum absolute atomic E-state index is 0.0452. The molecule has 1 heterocycles. The summed E-state index contributed by atoms with van der Waals surface area (Å²) in [6.45, 7) is 0. The highest BCUT2D eigenvalue weighted by Crippen LogP contribution is 2.20. The van der Waals surface area contributed by atoms with Gasteiger partial charge < -0.3 is 16.3 Å². The number of pyridine rings is 1. The first kappa shape index (κ1) is 14.7. The van der Waals surface area contributed by atoms with Gasteiger partial charge in [-0.25, -0.2) is 4.39 Å². The summed E-state index contributed by atoms with van der Waals surface area (Å²) in [6, 6.07) is 6.62. The number of amidine groups is 1. The number of nitrogens with zero attached hydrogens (tertiary/aromatic N) is 2. The molecule has 1 aromatic heterocycles. The molecular formula is C13H10ClFN4O2. The van der Waals surface area contributed by atoms with E-state index in [4.69, 9.17) is 22.5 Å². The lowest BCUT2D eigenvalue weighted by Gasteiger charge is -2.06. The number of benzene rings is 1. The Hall–Kier alpha value is -2.67. The average molecular weight is 309 g/mol. The number of nitrogens with two attached hydrogens (primary N) is 1. The highest BCUT2D eigenvalue weighted by Gasteiger charge is 2.11.